The van der Waals surface area contributed by atoms with Crippen LogP contribution >= 0.6 is 0 Å². The Balaban J connectivity index is 2.21. The normalized spacial score (nSPS) is 24.6. The van der Waals surface area contributed by atoms with E-state index in [0.717, 1.165) is 44.0 Å². The van der Waals surface area contributed by atoms with Crippen LogP contribution in [-0.2, 0) is 0 Å². The second-order valence-electron chi connectivity index (χ2n) is 6.00. The lowest BCUT2D eigenvalue weighted by Gasteiger charge is -2.24. The second-order valence-corrected chi connectivity index (χ2v) is 6.00. The molecule has 2 heterocycles. The van der Waals surface area contributed by atoms with Gasteiger partial charge in [-0.1, -0.05) is 13.8 Å². The number of nitrogen functional groups attached to an aromatic ring is 1. The second kappa shape index (κ2) is 5.33. The van der Waals surface area contributed by atoms with Crippen LogP contribution in [0.1, 0.15) is 51.8 Å². The van der Waals surface area contributed by atoms with E-state index in [1.807, 2.05) is 13.0 Å². The highest BCUT2D eigenvalue weighted by molar-refractivity contribution is 5.47. The fraction of sp³-hybridized carbons (Fsp3) is 0.714. The van der Waals surface area contributed by atoms with Crippen LogP contribution < -0.4 is 10.6 Å². The summed E-state index contributed by atoms with van der Waals surface area (Å²) in [6, 6.07) is 1.83. The van der Waals surface area contributed by atoms with Gasteiger partial charge in [-0.2, -0.15) is 0 Å². The van der Waals surface area contributed by atoms with E-state index >= 15 is 0 Å². The van der Waals surface area contributed by atoms with Crippen LogP contribution in [0.4, 0.5) is 11.6 Å². The van der Waals surface area contributed by atoms with Crippen molar-refractivity contribution >= 4 is 11.6 Å². The smallest absolute Gasteiger partial charge is 0.135 e. The lowest BCUT2D eigenvalue weighted by Crippen LogP contribution is -2.29. The minimum Gasteiger partial charge on any atom is -0.390 e. The van der Waals surface area contributed by atoms with Gasteiger partial charge in [0.05, 0.1) is 5.60 Å². The maximum absolute atomic E-state index is 10.1. The van der Waals surface area contributed by atoms with E-state index in [2.05, 4.69) is 28.7 Å². The molecule has 0 amide bonds. The highest BCUT2D eigenvalue weighted by Gasteiger charge is 2.25. The molecule has 0 aliphatic carbocycles. The molecular formula is C14H24N4O. The van der Waals surface area contributed by atoms with E-state index in [1.54, 1.807) is 0 Å². The summed E-state index contributed by atoms with van der Waals surface area (Å²) in [4.78, 5) is 11.1. The Labute approximate surface area is 114 Å². The van der Waals surface area contributed by atoms with E-state index in [4.69, 9.17) is 5.73 Å². The quantitative estimate of drug-likeness (QED) is 0.853. The molecule has 5 heteroatoms. The van der Waals surface area contributed by atoms with Gasteiger partial charge in [0.2, 0.25) is 0 Å². The molecule has 0 radical (unpaired) electrons. The zero-order valence-corrected chi connectivity index (χ0v) is 12.1. The van der Waals surface area contributed by atoms with Crippen molar-refractivity contribution in [3.8, 4) is 0 Å². The molecule has 0 bridgehead atoms. The first-order chi connectivity index (χ1) is 8.87. The molecular weight excluding hydrogens is 240 g/mol. The minimum atomic E-state index is -0.561. The Hall–Kier alpha value is -1.36. The van der Waals surface area contributed by atoms with Crippen molar-refractivity contribution in [2.75, 3.05) is 23.7 Å². The van der Waals surface area contributed by atoms with Gasteiger partial charge in [0.1, 0.15) is 17.5 Å². The first kappa shape index (κ1) is 14.1. The molecule has 1 fully saturated rings. The standard InChI is InChI=1S/C14H24N4O/c1-10(2)13-16-11(15)9-12(17-13)18-7-4-5-14(3,19)6-8-18/h9-10,19H,4-8H2,1-3H3,(H2,15,16,17). The monoisotopic (exact) mass is 264 g/mol. The molecule has 3 N–H and O–H groups in total. The van der Waals surface area contributed by atoms with Crippen LogP contribution in [0.5, 0.6) is 0 Å². The van der Waals surface area contributed by atoms with Crippen molar-refractivity contribution in [1.29, 1.82) is 0 Å². The summed E-state index contributed by atoms with van der Waals surface area (Å²) in [7, 11) is 0. The van der Waals surface area contributed by atoms with Crippen molar-refractivity contribution in [3.63, 3.8) is 0 Å². The Morgan fingerprint density at radius 3 is 2.74 bits per heavy atom. The summed E-state index contributed by atoms with van der Waals surface area (Å²) >= 11 is 0. The van der Waals surface area contributed by atoms with Crippen molar-refractivity contribution in [2.45, 2.75) is 51.6 Å². The van der Waals surface area contributed by atoms with E-state index in [9.17, 15) is 5.11 Å². The molecule has 5 nitrogen and oxygen atoms in total. The molecule has 1 unspecified atom stereocenters. The first-order valence-corrected chi connectivity index (χ1v) is 6.99. The van der Waals surface area contributed by atoms with Crippen LogP contribution in [0.2, 0.25) is 0 Å². The zero-order chi connectivity index (χ0) is 14.0. The third-order valence-electron chi connectivity index (χ3n) is 3.65. The SMILES string of the molecule is CC(C)c1nc(N)cc(N2CCCC(C)(O)CC2)n1. The summed E-state index contributed by atoms with van der Waals surface area (Å²) < 4.78 is 0. The highest BCUT2D eigenvalue weighted by Crippen LogP contribution is 2.25. The number of nitrogens with two attached hydrogens (primary N) is 1. The van der Waals surface area contributed by atoms with Gasteiger partial charge in [0.15, 0.2) is 0 Å². The fourth-order valence-corrected chi connectivity index (χ4v) is 2.38. The largest absolute Gasteiger partial charge is 0.390 e. The molecule has 19 heavy (non-hydrogen) atoms. The number of hydrogen-bond donors (Lipinski definition) is 2. The zero-order valence-electron chi connectivity index (χ0n) is 12.1. The van der Waals surface area contributed by atoms with Gasteiger partial charge in [-0.3, -0.25) is 0 Å². The Morgan fingerprint density at radius 2 is 2.05 bits per heavy atom. The third kappa shape index (κ3) is 3.56. The molecule has 1 saturated heterocycles. The summed E-state index contributed by atoms with van der Waals surface area (Å²) in [6.45, 7) is 7.74. The summed E-state index contributed by atoms with van der Waals surface area (Å²) in [5.41, 5.74) is 5.31. The maximum atomic E-state index is 10.1. The molecule has 1 aromatic rings. The van der Waals surface area contributed by atoms with Gasteiger partial charge in [-0.05, 0) is 26.2 Å². The van der Waals surface area contributed by atoms with Crippen molar-refractivity contribution in [1.82, 2.24) is 9.97 Å². The average Bonchev–Trinajstić information content (AvgIpc) is 2.49. The van der Waals surface area contributed by atoms with Crippen molar-refractivity contribution in [3.05, 3.63) is 11.9 Å². The van der Waals surface area contributed by atoms with Gasteiger partial charge < -0.3 is 15.7 Å². The molecule has 1 atom stereocenters. The Kier molecular flexibility index (Phi) is 3.94. The molecule has 0 spiro atoms. The third-order valence-corrected chi connectivity index (χ3v) is 3.65. The molecule has 1 aliphatic rings. The molecule has 0 saturated carbocycles. The number of aliphatic hydroxyl groups is 1. The number of nitrogens with zero attached hydrogens (tertiary/aromatic N) is 3. The Morgan fingerprint density at radius 1 is 1.32 bits per heavy atom. The molecule has 1 aliphatic heterocycles. The van der Waals surface area contributed by atoms with Gasteiger partial charge in [0, 0.05) is 25.1 Å². The topological polar surface area (TPSA) is 75.3 Å². The number of anilines is 2. The number of hydrogen-bond acceptors (Lipinski definition) is 5. The predicted octanol–water partition coefficient (Wildman–Crippen LogP) is 1.92. The van der Waals surface area contributed by atoms with E-state index < -0.39 is 5.60 Å². The van der Waals surface area contributed by atoms with Crippen molar-refractivity contribution < 1.29 is 5.11 Å². The van der Waals surface area contributed by atoms with Crippen LogP contribution in [0, 0.1) is 0 Å². The van der Waals surface area contributed by atoms with E-state index in [-0.39, 0.29) is 5.92 Å². The number of rotatable bonds is 2. The van der Waals surface area contributed by atoms with Crippen LogP contribution in [-0.4, -0.2) is 33.8 Å². The van der Waals surface area contributed by atoms with Crippen molar-refractivity contribution in [2.24, 2.45) is 0 Å². The summed E-state index contributed by atoms with van der Waals surface area (Å²) in [5.74, 6) is 2.45. The molecule has 0 aromatic carbocycles. The van der Waals surface area contributed by atoms with E-state index in [1.165, 1.54) is 0 Å². The summed E-state index contributed by atoms with van der Waals surface area (Å²) in [5, 5.41) is 10.1. The van der Waals surface area contributed by atoms with Crippen LogP contribution in [0.15, 0.2) is 6.07 Å². The number of aromatic nitrogens is 2. The first-order valence-electron chi connectivity index (χ1n) is 6.99. The van der Waals surface area contributed by atoms with Crippen LogP contribution in [0.25, 0.3) is 0 Å². The maximum Gasteiger partial charge on any atom is 0.135 e. The lowest BCUT2D eigenvalue weighted by atomic mass is 9.98. The minimum absolute atomic E-state index is 0.261. The Bertz CT molecular complexity index is 445. The summed E-state index contributed by atoms with van der Waals surface area (Å²) in [6.07, 6.45) is 2.56. The predicted molar refractivity (Wildman–Crippen MR) is 77.2 cm³/mol. The molecule has 1 aromatic heterocycles. The van der Waals surface area contributed by atoms with Gasteiger partial charge in [0.25, 0.3) is 0 Å². The fourth-order valence-electron chi connectivity index (χ4n) is 2.38. The lowest BCUT2D eigenvalue weighted by molar-refractivity contribution is 0.0481. The van der Waals surface area contributed by atoms with Crippen LogP contribution in [0.3, 0.4) is 0 Å². The van der Waals surface area contributed by atoms with Gasteiger partial charge in [-0.15, -0.1) is 0 Å². The highest BCUT2D eigenvalue weighted by atomic mass is 16.3. The van der Waals surface area contributed by atoms with E-state index in [0.29, 0.717) is 5.82 Å². The molecule has 106 valence electrons. The van der Waals surface area contributed by atoms with Gasteiger partial charge >= 0.3 is 0 Å². The van der Waals surface area contributed by atoms with Gasteiger partial charge in [-0.25, -0.2) is 9.97 Å². The molecule has 2 rings (SSSR count). The average molecular weight is 264 g/mol.